The lowest BCUT2D eigenvalue weighted by Gasteiger charge is -2.18. The molecule has 0 atom stereocenters. The van der Waals surface area contributed by atoms with Crippen molar-refractivity contribution in [3.05, 3.63) is 51.8 Å². The van der Waals surface area contributed by atoms with Crippen LogP contribution < -0.4 is 5.56 Å². The van der Waals surface area contributed by atoms with Crippen LogP contribution in [0.1, 0.15) is 13.8 Å². The second-order valence-corrected chi connectivity index (χ2v) is 5.25. The molecule has 0 aliphatic carbocycles. The van der Waals surface area contributed by atoms with Crippen LogP contribution in [0.4, 0.5) is 0 Å². The molecule has 2 aromatic rings. The van der Waals surface area contributed by atoms with Crippen molar-refractivity contribution in [3.8, 4) is 11.3 Å². The Hall–Kier alpha value is -1.65. The van der Waals surface area contributed by atoms with E-state index >= 15 is 0 Å². The number of hydrogen-bond donors (Lipinski definition) is 0. The minimum Gasteiger partial charge on any atom is -0.302 e. The third-order valence-corrected chi connectivity index (χ3v) is 3.78. The molecule has 0 fully saturated rings. The number of rotatable bonds is 6. The van der Waals surface area contributed by atoms with Gasteiger partial charge in [-0.05, 0) is 31.3 Å². The Morgan fingerprint density at radius 3 is 2.38 bits per heavy atom. The lowest BCUT2D eigenvalue weighted by molar-refractivity contribution is 0.283. The molecule has 0 spiro atoms. The van der Waals surface area contributed by atoms with E-state index in [1.54, 1.807) is 12.1 Å². The van der Waals surface area contributed by atoms with Gasteiger partial charge in [-0.2, -0.15) is 5.10 Å². The fraction of sp³-hybridized carbons (Fsp3) is 0.375. The van der Waals surface area contributed by atoms with Gasteiger partial charge < -0.3 is 4.90 Å². The highest BCUT2D eigenvalue weighted by atomic mass is 35.5. The van der Waals surface area contributed by atoms with Crippen molar-refractivity contribution < 1.29 is 0 Å². The molecule has 1 heterocycles. The molecule has 0 N–H and O–H groups in total. The molecule has 0 radical (unpaired) electrons. The van der Waals surface area contributed by atoms with Gasteiger partial charge in [-0.1, -0.05) is 37.6 Å². The van der Waals surface area contributed by atoms with E-state index in [0.29, 0.717) is 11.6 Å². The maximum absolute atomic E-state index is 11.9. The van der Waals surface area contributed by atoms with E-state index in [9.17, 15) is 4.79 Å². The maximum Gasteiger partial charge on any atom is 0.266 e. The molecule has 1 aromatic heterocycles. The molecule has 4 nitrogen and oxygen atoms in total. The van der Waals surface area contributed by atoms with E-state index in [4.69, 9.17) is 11.6 Å². The summed E-state index contributed by atoms with van der Waals surface area (Å²) in [6.45, 7) is 7.60. The van der Waals surface area contributed by atoms with Crippen molar-refractivity contribution in [2.24, 2.45) is 0 Å². The van der Waals surface area contributed by atoms with Crippen molar-refractivity contribution >= 4 is 11.6 Å². The third kappa shape index (κ3) is 4.16. The quantitative estimate of drug-likeness (QED) is 0.823. The second-order valence-electron chi connectivity index (χ2n) is 4.81. The highest BCUT2D eigenvalue weighted by Crippen LogP contribution is 2.18. The van der Waals surface area contributed by atoms with Crippen LogP contribution in [0, 0.1) is 0 Å². The van der Waals surface area contributed by atoms with E-state index in [2.05, 4.69) is 23.8 Å². The zero-order chi connectivity index (χ0) is 15.2. The summed E-state index contributed by atoms with van der Waals surface area (Å²) in [5.41, 5.74) is 1.67. The number of aromatic nitrogens is 2. The first kappa shape index (κ1) is 15.7. The second kappa shape index (κ2) is 7.38. The fourth-order valence-corrected chi connectivity index (χ4v) is 2.29. The largest absolute Gasteiger partial charge is 0.302 e. The molecule has 0 saturated heterocycles. The van der Waals surface area contributed by atoms with E-state index in [-0.39, 0.29) is 5.56 Å². The summed E-state index contributed by atoms with van der Waals surface area (Å²) in [6, 6.07) is 10.8. The van der Waals surface area contributed by atoms with Crippen LogP contribution >= 0.6 is 11.6 Å². The van der Waals surface area contributed by atoms with Gasteiger partial charge in [0.15, 0.2) is 0 Å². The Morgan fingerprint density at radius 2 is 1.76 bits per heavy atom. The highest BCUT2D eigenvalue weighted by molar-refractivity contribution is 6.30. The Balaban J connectivity index is 2.21. The van der Waals surface area contributed by atoms with E-state index in [1.807, 2.05) is 24.3 Å². The van der Waals surface area contributed by atoms with Crippen LogP contribution in [-0.4, -0.2) is 34.3 Å². The smallest absolute Gasteiger partial charge is 0.266 e. The first-order chi connectivity index (χ1) is 10.1. The molecule has 0 saturated carbocycles. The monoisotopic (exact) mass is 305 g/mol. The average Bonchev–Trinajstić information content (AvgIpc) is 2.51. The molecule has 0 unspecified atom stereocenters. The average molecular weight is 306 g/mol. The zero-order valence-electron chi connectivity index (χ0n) is 12.4. The topological polar surface area (TPSA) is 38.1 Å². The normalized spacial score (nSPS) is 11.0. The van der Waals surface area contributed by atoms with Gasteiger partial charge in [0.25, 0.3) is 5.56 Å². The number of likely N-dealkylation sites (N-methyl/N-ethyl adjacent to an activating group) is 1. The van der Waals surface area contributed by atoms with Crippen molar-refractivity contribution in [3.63, 3.8) is 0 Å². The molecule has 0 aliphatic heterocycles. The molecule has 21 heavy (non-hydrogen) atoms. The van der Waals surface area contributed by atoms with Crippen molar-refractivity contribution in [1.29, 1.82) is 0 Å². The lowest BCUT2D eigenvalue weighted by atomic mass is 10.1. The molecule has 5 heteroatoms. The Morgan fingerprint density at radius 1 is 1.10 bits per heavy atom. The molecular formula is C16H20ClN3O. The number of nitrogens with zero attached hydrogens (tertiary/aromatic N) is 3. The maximum atomic E-state index is 11.9. The molecule has 1 aromatic carbocycles. The molecule has 0 aliphatic rings. The summed E-state index contributed by atoms with van der Waals surface area (Å²) in [5, 5.41) is 5.14. The summed E-state index contributed by atoms with van der Waals surface area (Å²) in [7, 11) is 0. The van der Waals surface area contributed by atoms with Crippen LogP contribution in [0.25, 0.3) is 11.3 Å². The number of halogens is 1. The van der Waals surface area contributed by atoms with Crippen LogP contribution in [0.15, 0.2) is 41.2 Å². The zero-order valence-corrected chi connectivity index (χ0v) is 13.2. The molecule has 0 amide bonds. The van der Waals surface area contributed by atoms with E-state index in [1.165, 1.54) is 4.68 Å². The predicted molar refractivity (Wildman–Crippen MR) is 86.7 cm³/mol. The standard InChI is InChI=1S/C16H20ClN3O/c1-3-19(4-2)11-12-20-16(21)10-9-15(18-20)13-5-7-14(17)8-6-13/h5-10H,3-4,11-12H2,1-2H3. The van der Waals surface area contributed by atoms with E-state index in [0.717, 1.165) is 30.9 Å². The SMILES string of the molecule is CCN(CC)CCn1nc(-c2ccc(Cl)cc2)ccc1=O. The minimum absolute atomic E-state index is 0.0696. The first-order valence-corrected chi connectivity index (χ1v) is 7.58. The summed E-state index contributed by atoms with van der Waals surface area (Å²) in [6.07, 6.45) is 0. The van der Waals surface area contributed by atoms with Gasteiger partial charge in [0, 0.05) is 23.2 Å². The van der Waals surface area contributed by atoms with Gasteiger partial charge in [-0.25, -0.2) is 4.68 Å². The lowest BCUT2D eigenvalue weighted by Crippen LogP contribution is -2.31. The number of benzene rings is 1. The molecule has 112 valence electrons. The van der Waals surface area contributed by atoms with Crippen LogP contribution in [0.5, 0.6) is 0 Å². The highest BCUT2D eigenvalue weighted by Gasteiger charge is 2.05. The summed E-state index contributed by atoms with van der Waals surface area (Å²) >= 11 is 5.89. The Bertz CT molecular complexity index is 633. The minimum atomic E-state index is -0.0696. The van der Waals surface area contributed by atoms with Gasteiger partial charge in [0.05, 0.1) is 12.2 Å². The Labute approximate surface area is 130 Å². The van der Waals surface area contributed by atoms with Crippen LogP contribution in [0.3, 0.4) is 0 Å². The number of hydrogen-bond acceptors (Lipinski definition) is 3. The van der Waals surface area contributed by atoms with Crippen LogP contribution in [-0.2, 0) is 6.54 Å². The van der Waals surface area contributed by atoms with Gasteiger partial charge in [0.1, 0.15) is 0 Å². The van der Waals surface area contributed by atoms with Gasteiger partial charge in [-0.15, -0.1) is 0 Å². The van der Waals surface area contributed by atoms with Crippen molar-refractivity contribution in [2.45, 2.75) is 20.4 Å². The molecular weight excluding hydrogens is 286 g/mol. The Kier molecular flexibility index (Phi) is 5.53. The summed E-state index contributed by atoms with van der Waals surface area (Å²) in [4.78, 5) is 14.2. The van der Waals surface area contributed by atoms with E-state index < -0.39 is 0 Å². The van der Waals surface area contributed by atoms with Gasteiger partial charge >= 0.3 is 0 Å². The van der Waals surface area contributed by atoms with Crippen molar-refractivity contribution in [2.75, 3.05) is 19.6 Å². The fourth-order valence-electron chi connectivity index (χ4n) is 2.16. The summed E-state index contributed by atoms with van der Waals surface area (Å²) < 4.78 is 1.53. The third-order valence-electron chi connectivity index (χ3n) is 3.53. The molecule has 2 rings (SSSR count). The molecule has 0 bridgehead atoms. The van der Waals surface area contributed by atoms with Gasteiger partial charge in [0.2, 0.25) is 0 Å². The van der Waals surface area contributed by atoms with Crippen LogP contribution in [0.2, 0.25) is 5.02 Å². The first-order valence-electron chi connectivity index (χ1n) is 7.20. The van der Waals surface area contributed by atoms with Crippen molar-refractivity contribution in [1.82, 2.24) is 14.7 Å². The summed E-state index contributed by atoms with van der Waals surface area (Å²) in [5.74, 6) is 0. The van der Waals surface area contributed by atoms with Gasteiger partial charge in [-0.3, -0.25) is 4.79 Å². The predicted octanol–water partition coefficient (Wildman–Crippen LogP) is 2.91.